The highest BCUT2D eigenvalue weighted by molar-refractivity contribution is 6.05. The van der Waals surface area contributed by atoms with Crippen LogP contribution in [0.3, 0.4) is 0 Å². The molecule has 0 radical (unpaired) electrons. The topological polar surface area (TPSA) is 72.9 Å². The molecule has 0 atom stereocenters. The van der Waals surface area contributed by atoms with E-state index in [0.717, 1.165) is 0 Å². The van der Waals surface area contributed by atoms with E-state index >= 15 is 0 Å². The molecule has 0 unspecified atom stereocenters. The highest BCUT2D eigenvalue weighted by Gasteiger charge is 2.15. The maximum atomic E-state index is 13.8. The number of aromatic nitrogens is 2. The molecule has 0 aliphatic rings. The average molecular weight is 248 g/mol. The van der Waals surface area contributed by atoms with Crippen LogP contribution < -0.4 is 11.1 Å². The predicted molar refractivity (Wildman–Crippen MR) is 66.7 cm³/mol. The number of amides is 1. The van der Waals surface area contributed by atoms with Gasteiger partial charge in [-0.1, -0.05) is 0 Å². The number of aryl methyl sites for hydroxylation is 2. The van der Waals surface area contributed by atoms with Crippen molar-refractivity contribution >= 4 is 17.3 Å². The maximum Gasteiger partial charge on any atom is 0.258 e. The van der Waals surface area contributed by atoms with E-state index < -0.39 is 11.7 Å². The molecule has 2 rings (SSSR count). The molecule has 5 nitrogen and oxygen atoms in total. The summed E-state index contributed by atoms with van der Waals surface area (Å²) in [4.78, 5) is 11.9. The van der Waals surface area contributed by atoms with Crippen molar-refractivity contribution in [3.63, 3.8) is 0 Å². The van der Waals surface area contributed by atoms with Crippen LogP contribution in [0.15, 0.2) is 24.5 Å². The maximum absolute atomic E-state index is 13.8. The van der Waals surface area contributed by atoms with Crippen LogP contribution in [0.2, 0.25) is 0 Å². The summed E-state index contributed by atoms with van der Waals surface area (Å²) in [6.45, 7) is 1.56. The van der Waals surface area contributed by atoms with Gasteiger partial charge in [0.15, 0.2) is 0 Å². The lowest BCUT2D eigenvalue weighted by atomic mass is 10.1. The summed E-state index contributed by atoms with van der Waals surface area (Å²) in [5, 5.41) is 6.46. The van der Waals surface area contributed by atoms with Crippen LogP contribution in [-0.2, 0) is 7.05 Å². The van der Waals surface area contributed by atoms with Crippen LogP contribution in [0, 0.1) is 12.7 Å². The van der Waals surface area contributed by atoms with Gasteiger partial charge in [-0.3, -0.25) is 9.48 Å². The molecule has 2 aromatic rings. The van der Waals surface area contributed by atoms with E-state index in [9.17, 15) is 9.18 Å². The van der Waals surface area contributed by atoms with Crippen molar-refractivity contribution in [3.05, 3.63) is 41.5 Å². The Labute approximate surface area is 103 Å². The third kappa shape index (κ3) is 2.32. The van der Waals surface area contributed by atoms with Crippen LogP contribution in [0.25, 0.3) is 0 Å². The molecule has 0 aliphatic carbocycles. The average Bonchev–Trinajstić information content (AvgIpc) is 2.69. The Hall–Kier alpha value is -2.37. The second kappa shape index (κ2) is 4.48. The number of halogens is 1. The number of carbonyl (C=O) groups excluding carboxylic acids is 1. The third-order valence-electron chi connectivity index (χ3n) is 2.48. The number of rotatable bonds is 2. The van der Waals surface area contributed by atoms with Crippen molar-refractivity contribution in [2.45, 2.75) is 6.92 Å². The van der Waals surface area contributed by atoms with Gasteiger partial charge in [0, 0.05) is 18.9 Å². The molecule has 94 valence electrons. The van der Waals surface area contributed by atoms with Crippen molar-refractivity contribution in [1.82, 2.24) is 9.78 Å². The summed E-state index contributed by atoms with van der Waals surface area (Å²) >= 11 is 0. The third-order valence-corrected chi connectivity index (χ3v) is 2.48. The fourth-order valence-corrected chi connectivity index (χ4v) is 1.65. The van der Waals surface area contributed by atoms with Gasteiger partial charge in [0.2, 0.25) is 0 Å². The largest absolute Gasteiger partial charge is 0.399 e. The predicted octanol–water partition coefficient (Wildman–Crippen LogP) is 1.70. The zero-order chi connectivity index (χ0) is 13.3. The first kappa shape index (κ1) is 12.1. The molecule has 6 heteroatoms. The fourth-order valence-electron chi connectivity index (χ4n) is 1.65. The van der Waals surface area contributed by atoms with Gasteiger partial charge in [0.05, 0.1) is 17.4 Å². The molecule has 3 N–H and O–H groups in total. The van der Waals surface area contributed by atoms with Gasteiger partial charge in [0.25, 0.3) is 5.91 Å². The quantitative estimate of drug-likeness (QED) is 0.794. The Bertz CT molecular complexity index is 606. The molecular weight excluding hydrogens is 235 g/mol. The van der Waals surface area contributed by atoms with Gasteiger partial charge in [0.1, 0.15) is 5.82 Å². The standard InChI is InChI=1S/C12H13FN4O/c1-7-3-8(14)4-10(11(7)13)12(18)16-9-5-15-17(2)6-9/h3-6H,14H2,1-2H3,(H,16,18). The van der Waals surface area contributed by atoms with Gasteiger partial charge in [-0.15, -0.1) is 0 Å². The van der Waals surface area contributed by atoms with E-state index in [1.807, 2.05) is 0 Å². The number of anilines is 2. The molecule has 1 aromatic carbocycles. The molecule has 1 heterocycles. The highest BCUT2D eigenvalue weighted by Crippen LogP contribution is 2.18. The zero-order valence-electron chi connectivity index (χ0n) is 10.1. The Kier molecular flexibility index (Phi) is 3.01. The lowest BCUT2D eigenvalue weighted by Gasteiger charge is -2.07. The Balaban J connectivity index is 2.29. The summed E-state index contributed by atoms with van der Waals surface area (Å²) < 4.78 is 15.3. The lowest BCUT2D eigenvalue weighted by Crippen LogP contribution is -2.14. The molecule has 18 heavy (non-hydrogen) atoms. The van der Waals surface area contributed by atoms with Crippen LogP contribution in [0.5, 0.6) is 0 Å². The van der Waals surface area contributed by atoms with E-state index in [2.05, 4.69) is 10.4 Å². The molecule has 1 aromatic heterocycles. The van der Waals surface area contributed by atoms with Crippen LogP contribution in [0.4, 0.5) is 15.8 Å². The number of nitrogens with zero attached hydrogens (tertiary/aromatic N) is 2. The van der Waals surface area contributed by atoms with Crippen molar-refractivity contribution in [2.75, 3.05) is 11.1 Å². The number of hydrogen-bond acceptors (Lipinski definition) is 3. The van der Waals surface area contributed by atoms with Crippen LogP contribution in [-0.4, -0.2) is 15.7 Å². The number of hydrogen-bond donors (Lipinski definition) is 2. The first-order chi connectivity index (χ1) is 8.47. The van der Waals surface area contributed by atoms with E-state index in [0.29, 0.717) is 16.9 Å². The highest BCUT2D eigenvalue weighted by atomic mass is 19.1. The first-order valence-electron chi connectivity index (χ1n) is 5.33. The summed E-state index contributed by atoms with van der Waals surface area (Å²) in [5.74, 6) is -1.11. The Morgan fingerprint density at radius 1 is 1.50 bits per heavy atom. The number of benzene rings is 1. The summed E-state index contributed by atoms with van der Waals surface area (Å²) in [6.07, 6.45) is 3.10. The summed E-state index contributed by atoms with van der Waals surface area (Å²) in [6, 6.07) is 2.80. The van der Waals surface area contributed by atoms with Gasteiger partial charge in [-0.25, -0.2) is 4.39 Å². The summed E-state index contributed by atoms with van der Waals surface area (Å²) in [5.41, 5.74) is 6.72. The molecule has 0 fully saturated rings. The van der Waals surface area contributed by atoms with Crippen molar-refractivity contribution < 1.29 is 9.18 Å². The Morgan fingerprint density at radius 3 is 2.83 bits per heavy atom. The zero-order valence-corrected chi connectivity index (χ0v) is 10.1. The van der Waals surface area contributed by atoms with Crippen LogP contribution in [0.1, 0.15) is 15.9 Å². The molecular formula is C12H13FN4O. The smallest absolute Gasteiger partial charge is 0.258 e. The van der Waals surface area contributed by atoms with Crippen molar-refractivity contribution in [2.24, 2.45) is 7.05 Å². The minimum Gasteiger partial charge on any atom is -0.399 e. The van der Waals surface area contributed by atoms with E-state index in [1.54, 1.807) is 20.2 Å². The van der Waals surface area contributed by atoms with E-state index in [1.165, 1.54) is 23.0 Å². The van der Waals surface area contributed by atoms with Gasteiger partial charge in [-0.2, -0.15) is 5.10 Å². The van der Waals surface area contributed by atoms with E-state index in [4.69, 9.17) is 5.73 Å². The van der Waals surface area contributed by atoms with Gasteiger partial charge < -0.3 is 11.1 Å². The van der Waals surface area contributed by atoms with Gasteiger partial charge in [-0.05, 0) is 24.6 Å². The Morgan fingerprint density at radius 2 is 2.22 bits per heavy atom. The number of nitrogens with two attached hydrogens (primary N) is 1. The van der Waals surface area contributed by atoms with E-state index in [-0.39, 0.29) is 5.56 Å². The number of nitrogens with one attached hydrogen (secondary N) is 1. The second-order valence-corrected chi connectivity index (χ2v) is 4.06. The monoisotopic (exact) mass is 248 g/mol. The van der Waals surface area contributed by atoms with Crippen molar-refractivity contribution in [1.29, 1.82) is 0 Å². The molecule has 0 bridgehead atoms. The minimum absolute atomic E-state index is 0.0728. The summed E-state index contributed by atoms with van der Waals surface area (Å²) in [7, 11) is 1.72. The molecule has 0 saturated carbocycles. The van der Waals surface area contributed by atoms with Gasteiger partial charge >= 0.3 is 0 Å². The molecule has 0 aliphatic heterocycles. The SMILES string of the molecule is Cc1cc(N)cc(C(=O)Nc2cnn(C)c2)c1F. The molecule has 1 amide bonds. The fraction of sp³-hybridized carbons (Fsp3) is 0.167. The minimum atomic E-state index is -0.564. The number of carbonyl (C=O) groups is 1. The molecule has 0 spiro atoms. The van der Waals surface area contributed by atoms with Crippen molar-refractivity contribution in [3.8, 4) is 0 Å². The second-order valence-electron chi connectivity index (χ2n) is 4.06. The normalized spacial score (nSPS) is 10.4. The lowest BCUT2D eigenvalue weighted by molar-refractivity contribution is 0.102. The molecule has 0 saturated heterocycles. The number of nitrogen functional groups attached to an aromatic ring is 1. The van der Waals surface area contributed by atoms with Crippen LogP contribution >= 0.6 is 0 Å². The first-order valence-corrected chi connectivity index (χ1v) is 5.33.